The molecule has 0 spiro atoms. The molecule has 6 heteroatoms. The lowest BCUT2D eigenvalue weighted by Gasteiger charge is -2.08. The van der Waals surface area contributed by atoms with Gasteiger partial charge in [-0.05, 0) is 23.6 Å². The van der Waals surface area contributed by atoms with E-state index in [4.69, 9.17) is 5.73 Å². The molecule has 0 saturated heterocycles. The highest BCUT2D eigenvalue weighted by Gasteiger charge is 2.13. The Kier molecular flexibility index (Phi) is 4.62. The molecule has 0 aromatic heterocycles. The van der Waals surface area contributed by atoms with Crippen LogP contribution in [0.25, 0.3) is 0 Å². The molecule has 0 amide bonds. The summed E-state index contributed by atoms with van der Waals surface area (Å²) in [5.74, 6) is 0.372. The number of thiocarbonyl (C=S) groups is 1. The quantitative estimate of drug-likeness (QED) is 0.794. The van der Waals surface area contributed by atoms with E-state index in [-0.39, 0.29) is 16.4 Å². The van der Waals surface area contributed by atoms with Gasteiger partial charge in [0.15, 0.2) is 0 Å². The summed E-state index contributed by atoms with van der Waals surface area (Å²) >= 11 is 4.62. The van der Waals surface area contributed by atoms with Crippen molar-refractivity contribution in [2.75, 3.05) is 6.54 Å². The Morgan fingerprint density at radius 3 is 2.29 bits per heavy atom. The summed E-state index contributed by atoms with van der Waals surface area (Å²) in [4.78, 5) is 0.338. The normalized spacial score (nSPS) is 11.7. The van der Waals surface area contributed by atoms with Gasteiger partial charge in [0.1, 0.15) is 0 Å². The number of nitrogens with one attached hydrogen (secondary N) is 1. The summed E-state index contributed by atoms with van der Waals surface area (Å²) in [6, 6.07) is 6.77. The Morgan fingerprint density at radius 2 is 1.88 bits per heavy atom. The van der Waals surface area contributed by atoms with Crippen LogP contribution in [0, 0.1) is 0 Å². The number of hydrogen-bond donors (Lipinski definition) is 2. The molecule has 1 aromatic rings. The van der Waals surface area contributed by atoms with Gasteiger partial charge in [0.25, 0.3) is 0 Å². The highest BCUT2D eigenvalue weighted by molar-refractivity contribution is 7.89. The van der Waals surface area contributed by atoms with Crippen molar-refractivity contribution < 1.29 is 8.42 Å². The fourth-order valence-electron chi connectivity index (χ4n) is 1.28. The largest absolute Gasteiger partial charge is 0.392 e. The Labute approximate surface area is 107 Å². The first kappa shape index (κ1) is 14.1. The van der Waals surface area contributed by atoms with Crippen LogP contribution in [0.2, 0.25) is 0 Å². The molecule has 0 heterocycles. The van der Waals surface area contributed by atoms with Crippen molar-refractivity contribution in [3.05, 3.63) is 29.8 Å². The second-order valence-electron chi connectivity index (χ2n) is 4.01. The monoisotopic (exact) mass is 272 g/mol. The fraction of sp³-hybridized carbons (Fsp3) is 0.364. The molecule has 0 atom stereocenters. The minimum absolute atomic E-state index is 0.0242. The zero-order valence-corrected chi connectivity index (χ0v) is 11.4. The van der Waals surface area contributed by atoms with E-state index < -0.39 is 10.0 Å². The summed E-state index contributed by atoms with van der Waals surface area (Å²) in [5, 5.41) is 0. The van der Waals surface area contributed by atoms with Crippen molar-refractivity contribution in [2.24, 2.45) is 5.73 Å². The van der Waals surface area contributed by atoms with Crippen molar-refractivity contribution in [3.63, 3.8) is 0 Å². The predicted octanol–water partition coefficient (Wildman–Crippen LogP) is 1.37. The molecule has 0 saturated carbocycles. The van der Waals surface area contributed by atoms with Crippen LogP contribution < -0.4 is 10.5 Å². The van der Waals surface area contributed by atoms with Gasteiger partial charge in [0.2, 0.25) is 10.0 Å². The molecule has 0 radical (unpaired) electrons. The average Bonchev–Trinajstić information content (AvgIpc) is 2.27. The minimum Gasteiger partial charge on any atom is -0.392 e. The van der Waals surface area contributed by atoms with E-state index in [1.54, 1.807) is 24.3 Å². The molecular formula is C11H16N2O2S2. The third kappa shape index (κ3) is 4.07. The first-order valence-electron chi connectivity index (χ1n) is 5.21. The van der Waals surface area contributed by atoms with Crippen LogP contribution in [0.1, 0.15) is 25.3 Å². The van der Waals surface area contributed by atoms with Gasteiger partial charge in [-0.2, -0.15) is 0 Å². The Balaban J connectivity index is 2.89. The summed E-state index contributed by atoms with van der Waals surface area (Å²) in [5.41, 5.74) is 6.34. The van der Waals surface area contributed by atoms with Gasteiger partial charge >= 0.3 is 0 Å². The van der Waals surface area contributed by atoms with Gasteiger partial charge in [-0.1, -0.05) is 38.2 Å². The van der Waals surface area contributed by atoms with Gasteiger partial charge in [-0.25, -0.2) is 13.1 Å². The molecule has 1 aromatic carbocycles. The van der Waals surface area contributed by atoms with Crippen LogP contribution in [0.3, 0.4) is 0 Å². The maximum absolute atomic E-state index is 11.8. The van der Waals surface area contributed by atoms with Crippen molar-refractivity contribution in [1.82, 2.24) is 4.72 Å². The highest BCUT2D eigenvalue weighted by Crippen LogP contribution is 2.16. The Morgan fingerprint density at radius 1 is 1.35 bits per heavy atom. The van der Waals surface area contributed by atoms with E-state index in [2.05, 4.69) is 30.8 Å². The van der Waals surface area contributed by atoms with Gasteiger partial charge in [-0.15, -0.1) is 0 Å². The van der Waals surface area contributed by atoms with Crippen molar-refractivity contribution >= 4 is 27.2 Å². The van der Waals surface area contributed by atoms with Crippen LogP contribution in [-0.4, -0.2) is 20.0 Å². The molecule has 0 fully saturated rings. The van der Waals surface area contributed by atoms with E-state index >= 15 is 0 Å². The van der Waals surface area contributed by atoms with Crippen LogP contribution in [0.15, 0.2) is 29.2 Å². The topological polar surface area (TPSA) is 72.2 Å². The number of nitrogens with two attached hydrogens (primary N) is 1. The van der Waals surface area contributed by atoms with Crippen molar-refractivity contribution in [2.45, 2.75) is 24.7 Å². The summed E-state index contributed by atoms with van der Waals surface area (Å²) in [6.07, 6.45) is 0. The molecule has 1 rings (SSSR count). The number of sulfonamides is 1. The number of hydrogen-bond acceptors (Lipinski definition) is 3. The van der Waals surface area contributed by atoms with Crippen LogP contribution >= 0.6 is 12.2 Å². The van der Waals surface area contributed by atoms with E-state index in [1.165, 1.54) is 0 Å². The first-order chi connectivity index (χ1) is 7.83. The Bertz CT molecular complexity index is 493. The minimum atomic E-state index is -3.52. The molecule has 94 valence electrons. The lowest BCUT2D eigenvalue weighted by Crippen LogP contribution is -2.32. The molecule has 0 aliphatic heterocycles. The van der Waals surface area contributed by atoms with Crippen LogP contribution in [0.4, 0.5) is 0 Å². The van der Waals surface area contributed by atoms with E-state index in [9.17, 15) is 8.42 Å². The molecule has 17 heavy (non-hydrogen) atoms. The molecule has 0 aliphatic carbocycles. The number of rotatable bonds is 5. The fourth-order valence-corrected chi connectivity index (χ4v) is 2.45. The SMILES string of the molecule is CC(C)c1ccc(S(=O)(=O)NCC(N)=S)cc1. The van der Waals surface area contributed by atoms with Gasteiger partial charge in [0.05, 0.1) is 16.4 Å². The van der Waals surface area contributed by atoms with Gasteiger partial charge in [-0.3, -0.25) is 0 Å². The smallest absolute Gasteiger partial charge is 0.240 e. The molecular weight excluding hydrogens is 256 g/mol. The maximum Gasteiger partial charge on any atom is 0.240 e. The van der Waals surface area contributed by atoms with Crippen molar-refractivity contribution in [3.8, 4) is 0 Å². The lowest BCUT2D eigenvalue weighted by atomic mass is 10.0. The van der Waals surface area contributed by atoms with E-state index in [0.29, 0.717) is 5.92 Å². The maximum atomic E-state index is 11.8. The molecule has 0 aliphatic rings. The van der Waals surface area contributed by atoms with Crippen LogP contribution in [-0.2, 0) is 10.0 Å². The third-order valence-electron chi connectivity index (χ3n) is 2.29. The van der Waals surface area contributed by atoms with E-state index in [1.807, 2.05) is 0 Å². The molecule has 4 nitrogen and oxygen atoms in total. The van der Waals surface area contributed by atoms with Gasteiger partial charge in [0, 0.05) is 0 Å². The highest BCUT2D eigenvalue weighted by atomic mass is 32.2. The zero-order chi connectivity index (χ0) is 13.1. The molecule has 3 N–H and O–H groups in total. The number of benzene rings is 1. The predicted molar refractivity (Wildman–Crippen MR) is 72.5 cm³/mol. The second kappa shape index (κ2) is 5.57. The summed E-state index contributed by atoms with van der Waals surface area (Å²) in [6.45, 7) is 4.08. The van der Waals surface area contributed by atoms with Crippen molar-refractivity contribution in [1.29, 1.82) is 0 Å². The third-order valence-corrected chi connectivity index (χ3v) is 3.85. The van der Waals surface area contributed by atoms with Crippen LogP contribution in [0.5, 0.6) is 0 Å². The second-order valence-corrected chi connectivity index (χ2v) is 6.31. The lowest BCUT2D eigenvalue weighted by molar-refractivity contribution is 0.586. The molecule has 0 unspecified atom stereocenters. The first-order valence-corrected chi connectivity index (χ1v) is 7.10. The molecule has 0 bridgehead atoms. The zero-order valence-electron chi connectivity index (χ0n) is 9.80. The summed E-state index contributed by atoms with van der Waals surface area (Å²) in [7, 11) is -3.52. The van der Waals surface area contributed by atoms with Gasteiger partial charge < -0.3 is 5.73 Å². The van der Waals surface area contributed by atoms with E-state index in [0.717, 1.165) is 5.56 Å². The summed E-state index contributed by atoms with van der Waals surface area (Å²) < 4.78 is 25.9. The standard InChI is InChI=1S/C11H16N2O2S2/c1-8(2)9-3-5-10(6-4-9)17(14,15)13-7-11(12)16/h3-6,8,13H,7H2,1-2H3,(H2,12,16). The average molecular weight is 272 g/mol. The Hall–Kier alpha value is -0.980.